The van der Waals surface area contributed by atoms with E-state index in [0.717, 1.165) is 5.56 Å². The highest BCUT2D eigenvalue weighted by atomic mass is 16.1. The van der Waals surface area contributed by atoms with Crippen LogP contribution in [0.3, 0.4) is 0 Å². The van der Waals surface area contributed by atoms with Gasteiger partial charge in [0.2, 0.25) is 0 Å². The molecule has 2 rings (SSSR count). The molecule has 1 aromatic rings. The molecule has 0 aromatic heterocycles. The van der Waals surface area contributed by atoms with Crippen molar-refractivity contribution in [3.63, 3.8) is 0 Å². The molecule has 4 nitrogen and oxygen atoms in total. The second-order valence-corrected chi connectivity index (χ2v) is 3.39. The molecule has 0 radical (unpaired) electrons. The van der Waals surface area contributed by atoms with Crippen LogP contribution in [0.4, 0.5) is 0 Å². The van der Waals surface area contributed by atoms with E-state index in [1.165, 1.54) is 0 Å². The molecule has 1 heterocycles. The minimum absolute atomic E-state index is 0.0931. The van der Waals surface area contributed by atoms with Crippen LogP contribution >= 0.6 is 0 Å². The van der Waals surface area contributed by atoms with Crippen molar-refractivity contribution in [1.82, 2.24) is 10.9 Å². The third-order valence-corrected chi connectivity index (χ3v) is 2.42. The molecule has 4 heteroatoms. The largest absolute Gasteiger partial charge is 0.314 e. The summed E-state index contributed by atoms with van der Waals surface area (Å²) in [7, 11) is 0. The molecular weight excluding hydrogens is 178 g/mol. The molecule has 0 spiro atoms. The van der Waals surface area contributed by atoms with Gasteiger partial charge >= 0.3 is 0 Å². The summed E-state index contributed by atoms with van der Waals surface area (Å²) in [5, 5.41) is 0. The maximum absolute atomic E-state index is 11.9. The summed E-state index contributed by atoms with van der Waals surface area (Å²) >= 11 is 0. The Morgan fingerprint density at radius 1 is 1.36 bits per heavy atom. The Labute approximate surface area is 82.5 Å². The van der Waals surface area contributed by atoms with Crippen LogP contribution in [0.1, 0.15) is 10.4 Å². The van der Waals surface area contributed by atoms with Crippen molar-refractivity contribution in [3.05, 3.63) is 35.9 Å². The predicted molar refractivity (Wildman–Crippen MR) is 53.4 cm³/mol. The SMILES string of the molecule is NC1NNCC1C(=O)c1ccccc1. The van der Waals surface area contributed by atoms with Gasteiger partial charge in [0, 0.05) is 12.1 Å². The Morgan fingerprint density at radius 2 is 2.07 bits per heavy atom. The lowest BCUT2D eigenvalue weighted by Crippen LogP contribution is -2.41. The molecule has 14 heavy (non-hydrogen) atoms. The summed E-state index contributed by atoms with van der Waals surface area (Å²) in [6.45, 7) is 0.592. The number of carbonyl (C=O) groups excluding carboxylic acids is 1. The van der Waals surface area contributed by atoms with Gasteiger partial charge in [-0.15, -0.1) is 0 Å². The zero-order valence-electron chi connectivity index (χ0n) is 7.73. The van der Waals surface area contributed by atoms with Gasteiger partial charge in [-0.2, -0.15) is 0 Å². The lowest BCUT2D eigenvalue weighted by atomic mass is 9.96. The smallest absolute Gasteiger partial charge is 0.170 e. The third kappa shape index (κ3) is 1.68. The summed E-state index contributed by atoms with van der Waals surface area (Å²) in [6.07, 6.45) is -0.289. The Kier molecular flexibility index (Phi) is 2.58. The van der Waals surface area contributed by atoms with Crippen molar-refractivity contribution >= 4 is 5.78 Å². The zero-order chi connectivity index (χ0) is 9.97. The molecule has 74 valence electrons. The Balaban J connectivity index is 2.16. The van der Waals surface area contributed by atoms with Crippen molar-refractivity contribution < 1.29 is 4.79 Å². The number of benzene rings is 1. The Bertz CT molecular complexity index is 325. The van der Waals surface area contributed by atoms with E-state index in [9.17, 15) is 4.79 Å². The average molecular weight is 191 g/mol. The predicted octanol–water partition coefficient (Wildman–Crippen LogP) is -0.122. The first-order valence-corrected chi connectivity index (χ1v) is 4.62. The maximum atomic E-state index is 11.9. The van der Waals surface area contributed by atoms with Gasteiger partial charge in [-0.3, -0.25) is 10.2 Å². The standard InChI is InChI=1S/C10H13N3O/c11-10-8(6-12-13-10)9(14)7-4-2-1-3-5-7/h1-5,8,10,12-13H,6,11H2. The van der Waals surface area contributed by atoms with E-state index in [1.807, 2.05) is 30.3 Å². The molecule has 0 amide bonds. The molecule has 4 N–H and O–H groups in total. The first kappa shape index (κ1) is 9.33. The zero-order valence-corrected chi connectivity index (χ0v) is 7.73. The summed E-state index contributed by atoms with van der Waals surface area (Å²) in [5.74, 6) is -0.0759. The number of hydrogen-bond acceptors (Lipinski definition) is 4. The first-order chi connectivity index (χ1) is 6.79. The number of carbonyl (C=O) groups is 1. The molecule has 0 aliphatic carbocycles. The van der Waals surface area contributed by atoms with Crippen molar-refractivity contribution in [3.8, 4) is 0 Å². The van der Waals surface area contributed by atoms with E-state index in [-0.39, 0.29) is 17.9 Å². The molecule has 1 fully saturated rings. The fourth-order valence-electron chi connectivity index (χ4n) is 1.59. The third-order valence-electron chi connectivity index (χ3n) is 2.42. The van der Waals surface area contributed by atoms with Crippen molar-refractivity contribution in [2.24, 2.45) is 11.7 Å². The minimum atomic E-state index is -0.289. The van der Waals surface area contributed by atoms with Gasteiger partial charge < -0.3 is 5.73 Å². The van der Waals surface area contributed by atoms with Crippen LogP contribution in [0.15, 0.2) is 30.3 Å². The van der Waals surface area contributed by atoms with E-state index in [1.54, 1.807) is 0 Å². The molecule has 1 saturated heterocycles. The summed E-state index contributed by atoms with van der Waals surface area (Å²) < 4.78 is 0. The van der Waals surface area contributed by atoms with Gasteiger partial charge in [-0.1, -0.05) is 30.3 Å². The van der Waals surface area contributed by atoms with Gasteiger partial charge in [0.25, 0.3) is 0 Å². The van der Waals surface area contributed by atoms with E-state index >= 15 is 0 Å². The fourth-order valence-corrected chi connectivity index (χ4v) is 1.59. The minimum Gasteiger partial charge on any atom is -0.314 e. The lowest BCUT2D eigenvalue weighted by Gasteiger charge is -2.11. The normalized spacial score (nSPS) is 26.4. The summed E-state index contributed by atoms with van der Waals surface area (Å²) in [5.41, 5.74) is 12.1. The number of hydrogen-bond donors (Lipinski definition) is 3. The number of ketones is 1. The fraction of sp³-hybridized carbons (Fsp3) is 0.300. The molecule has 1 aliphatic rings. The maximum Gasteiger partial charge on any atom is 0.170 e. The number of hydrazine groups is 1. The Morgan fingerprint density at radius 3 is 2.64 bits per heavy atom. The number of rotatable bonds is 2. The van der Waals surface area contributed by atoms with Gasteiger partial charge in [-0.05, 0) is 0 Å². The van der Waals surface area contributed by atoms with E-state index in [2.05, 4.69) is 10.9 Å². The van der Waals surface area contributed by atoms with Crippen LogP contribution in [0.2, 0.25) is 0 Å². The van der Waals surface area contributed by atoms with Gasteiger partial charge in [0.05, 0.1) is 12.1 Å². The number of nitrogens with two attached hydrogens (primary N) is 1. The van der Waals surface area contributed by atoms with Crippen molar-refractivity contribution in [1.29, 1.82) is 0 Å². The highest BCUT2D eigenvalue weighted by Crippen LogP contribution is 2.12. The van der Waals surface area contributed by atoms with E-state index in [0.29, 0.717) is 6.54 Å². The van der Waals surface area contributed by atoms with E-state index < -0.39 is 0 Å². The van der Waals surface area contributed by atoms with Gasteiger partial charge in [-0.25, -0.2) is 5.43 Å². The summed E-state index contributed by atoms with van der Waals surface area (Å²) in [6, 6.07) is 9.23. The lowest BCUT2D eigenvalue weighted by molar-refractivity contribution is 0.0919. The Hall–Kier alpha value is -1.23. The highest BCUT2D eigenvalue weighted by molar-refractivity contribution is 5.98. The van der Waals surface area contributed by atoms with Crippen LogP contribution in [0, 0.1) is 5.92 Å². The number of nitrogens with one attached hydrogen (secondary N) is 2. The molecular formula is C10H13N3O. The average Bonchev–Trinajstić information content (AvgIpc) is 2.65. The topological polar surface area (TPSA) is 67.2 Å². The molecule has 0 bridgehead atoms. The molecule has 0 saturated carbocycles. The first-order valence-electron chi connectivity index (χ1n) is 4.62. The second kappa shape index (κ2) is 3.88. The van der Waals surface area contributed by atoms with Crippen LogP contribution in [-0.2, 0) is 0 Å². The highest BCUT2D eigenvalue weighted by Gasteiger charge is 2.30. The van der Waals surface area contributed by atoms with Crippen LogP contribution < -0.4 is 16.6 Å². The van der Waals surface area contributed by atoms with Gasteiger partial charge in [0.1, 0.15) is 0 Å². The molecule has 1 aromatic carbocycles. The van der Waals surface area contributed by atoms with Crippen LogP contribution in [-0.4, -0.2) is 18.5 Å². The van der Waals surface area contributed by atoms with Crippen molar-refractivity contribution in [2.45, 2.75) is 6.17 Å². The molecule has 1 aliphatic heterocycles. The molecule has 2 atom stereocenters. The summed E-state index contributed by atoms with van der Waals surface area (Å²) in [4.78, 5) is 11.9. The molecule has 2 unspecified atom stereocenters. The monoisotopic (exact) mass is 191 g/mol. The second-order valence-electron chi connectivity index (χ2n) is 3.39. The van der Waals surface area contributed by atoms with Crippen LogP contribution in [0.5, 0.6) is 0 Å². The van der Waals surface area contributed by atoms with Gasteiger partial charge in [0.15, 0.2) is 5.78 Å². The number of Topliss-reactive ketones (excluding diaryl/α,β-unsaturated/α-hetero) is 1. The van der Waals surface area contributed by atoms with E-state index in [4.69, 9.17) is 5.73 Å². The van der Waals surface area contributed by atoms with Crippen LogP contribution in [0.25, 0.3) is 0 Å². The van der Waals surface area contributed by atoms with Crippen molar-refractivity contribution in [2.75, 3.05) is 6.54 Å². The quantitative estimate of drug-likeness (QED) is 0.570.